The first-order valence-electron chi connectivity index (χ1n) is 8.68. The fourth-order valence-electron chi connectivity index (χ4n) is 2.72. The number of hydrogen-bond acceptors (Lipinski definition) is 4. The fraction of sp³-hybridized carbons (Fsp3) is 0.611. The zero-order valence-electron chi connectivity index (χ0n) is 14.2. The predicted octanol–water partition coefficient (Wildman–Crippen LogP) is 4.09. The van der Waals surface area contributed by atoms with E-state index in [-0.39, 0.29) is 12.1 Å². The van der Waals surface area contributed by atoms with Gasteiger partial charge in [-0.2, -0.15) is 5.01 Å². The molecule has 1 unspecified atom stereocenters. The minimum Gasteiger partial charge on any atom is -0.450 e. The van der Waals surface area contributed by atoms with Crippen LogP contribution in [0.15, 0.2) is 29.6 Å². The van der Waals surface area contributed by atoms with Crippen LogP contribution in [0.2, 0.25) is 0 Å². The van der Waals surface area contributed by atoms with Gasteiger partial charge >= 0.3 is 0 Å². The molecule has 0 spiro atoms. The smallest absolute Gasteiger partial charge is 0.242 e. The minimum absolute atomic E-state index is 0.0815. The number of ether oxygens (including phenoxy) is 1. The third-order valence-electron chi connectivity index (χ3n) is 4.02. The third-order valence-corrected chi connectivity index (χ3v) is 4.02. The Kier molecular flexibility index (Phi) is 7.04. The summed E-state index contributed by atoms with van der Waals surface area (Å²) in [6.07, 6.45) is 12.7. The first kappa shape index (κ1) is 17.4. The molecule has 1 aromatic rings. The van der Waals surface area contributed by atoms with Gasteiger partial charge in [-0.05, 0) is 18.6 Å². The molecule has 0 aromatic carbocycles. The molecule has 0 saturated carbocycles. The van der Waals surface area contributed by atoms with E-state index in [4.69, 9.17) is 4.74 Å². The van der Waals surface area contributed by atoms with E-state index >= 15 is 0 Å². The van der Waals surface area contributed by atoms with Crippen LogP contribution in [-0.2, 0) is 9.53 Å². The molecule has 0 N–H and O–H groups in total. The summed E-state index contributed by atoms with van der Waals surface area (Å²) in [5.41, 5.74) is 0.855. The molecule has 2 heterocycles. The van der Waals surface area contributed by atoms with E-state index in [1.807, 2.05) is 12.1 Å². The Hall–Kier alpha value is -1.91. The Balaban J connectivity index is 1.80. The van der Waals surface area contributed by atoms with Gasteiger partial charge in [0.05, 0.1) is 0 Å². The molecule has 126 valence electrons. The van der Waals surface area contributed by atoms with Crippen molar-refractivity contribution < 1.29 is 9.53 Å². The van der Waals surface area contributed by atoms with Crippen molar-refractivity contribution in [2.75, 3.05) is 0 Å². The van der Waals surface area contributed by atoms with Crippen LogP contribution in [0.25, 0.3) is 0 Å². The summed E-state index contributed by atoms with van der Waals surface area (Å²) in [6.45, 7) is 3.76. The van der Waals surface area contributed by atoms with E-state index < -0.39 is 0 Å². The molecule has 1 aliphatic rings. The van der Waals surface area contributed by atoms with Crippen molar-refractivity contribution in [3.05, 3.63) is 30.1 Å². The lowest BCUT2D eigenvalue weighted by Gasteiger charge is -2.18. The fourth-order valence-corrected chi connectivity index (χ4v) is 2.72. The molecular formula is C18H27N3O2. The molecule has 0 saturated heterocycles. The standard InChI is InChI=1S/C18H27N3O2/c1-3-4-5-6-7-8-9-10-17-21(15(2)22)20-18(23-17)16-11-13-19-14-12-16/h11-14,17H,3-10H2,1-2H3. The highest BCUT2D eigenvalue weighted by Gasteiger charge is 2.30. The van der Waals surface area contributed by atoms with E-state index in [2.05, 4.69) is 17.0 Å². The van der Waals surface area contributed by atoms with E-state index in [9.17, 15) is 4.79 Å². The zero-order chi connectivity index (χ0) is 16.5. The van der Waals surface area contributed by atoms with Gasteiger partial charge < -0.3 is 4.74 Å². The van der Waals surface area contributed by atoms with Crippen molar-refractivity contribution >= 4 is 11.8 Å². The van der Waals surface area contributed by atoms with Crippen LogP contribution in [0.1, 0.15) is 70.8 Å². The summed E-state index contributed by atoms with van der Waals surface area (Å²) in [5, 5.41) is 5.79. The predicted molar refractivity (Wildman–Crippen MR) is 90.8 cm³/mol. The molecule has 1 amide bonds. The van der Waals surface area contributed by atoms with Gasteiger partial charge in [-0.25, -0.2) is 0 Å². The molecule has 23 heavy (non-hydrogen) atoms. The van der Waals surface area contributed by atoms with Crippen LogP contribution in [0.3, 0.4) is 0 Å². The molecular weight excluding hydrogens is 290 g/mol. The Bertz CT molecular complexity index is 516. The first-order valence-corrected chi connectivity index (χ1v) is 8.68. The number of hydrogen-bond donors (Lipinski definition) is 0. The summed E-state index contributed by atoms with van der Waals surface area (Å²) in [5.74, 6) is 0.428. The lowest BCUT2D eigenvalue weighted by molar-refractivity contribution is -0.135. The van der Waals surface area contributed by atoms with E-state index in [1.54, 1.807) is 12.4 Å². The van der Waals surface area contributed by atoms with Crippen LogP contribution in [0, 0.1) is 0 Å². The second-order valence-electron chi connectivity index (χ2n) is 5.99. The Morgan fingerprint density at radius 2 is 1.78 bits per heavy atom. The maximum absolute atomic E-state index is 11.8. The highest BCUT2D eigenvalue weighted by Crippen LogP contribution is 2.22. The Morgan fingerprint density at radius 3 is 2.43 bits per heavy atom. The van der Waals surface area contributed by atoms with Gasteiger partial charge in [0.15, 0.2) is 6.23 Å². The van der Waals surface area contributed by atoms with Crippen molar-refractivity contribution in [3.8, 4) is 0 Å². The molecule has 0 aliphatic carbocycles. The van der Waals surface area contributed by atoms with Crippen molar-refractivity contribution in [2.45, 2.75) is 71.4 Å². The quantitative estimate of drug-likeness (QED) is 0.645. The number of carbonyl (C=O) groups excluding carboxylic acids is 1. The maximum Gasteiger partial charge on any atom is 0.242 e. The van der Waals surface area contributed by atoms with Gasteiger partial charge in [0.1, 0.15) is 0 Å². The first-order chi connectivity index (χ1) is 11.2. The van der Waals surface area contributed by atoms with Crippen LogP contribution in [0.4, 0.5) is 0 Å². The second-order valence-corrected chi connectivity index (χ2v) is 5.99. The van der Waals surface area contributed by atoms with Crippen LogP contribution in [0.5, 0.6) is 0 Å². The SMILES string of the molecule is CCCCCCCCCC1OC(c2ccncc2)=NN1C(C)=O. The molecule has 1 aromatic heterocycles. The maximum atomic E-state index is 11.8. The van der Waals surface area contributed by atoms with Gasteiger partial charge in [-0.15, -0.1) is 5.10 Å². The summed E-state index contributed by atoms with van der Waals surface area (Å²) in [7, 11) is 0. The van der Waals surface area contributed by atoms with Crippen molar-refractivity contribution in [1.82, 2.24) is 9.99 Å². The zero-order valence-corrected chi connectivity index (χ0v) is 14.2. The van der Waals surface area contributed by atoms with Gasteiger partial charge in [0.25, 0.3) is 0 Å². The molecule has 1 atom stereocenters. The number of amides is 1. The van der Waals surface area contributed by atoms with Crippen LogP contribution < -0.4 is 0 Å². The molecule has 2 rings (SSSR count). The molecule has 5 heteroatoms. The molecule has 0 radical (unpaired) electrons. The molecule has 5 nitrogen and oxygen atoms in total. The number of unbranched alkanes of at least 4 members (excludes halogenated alkanes) is 6. The summed E-state index contributed by atoms with van der Waals surface area (Å²) in [6, 6.07) is 3.68. The average molecular weight is 317 g/mol. The van der Waals surface area contributed by atoms with Crippen molar-refractivity contribution in [3.63, 3.8) is 0 Å². The van der Waals surface area contributed by atoms with Gasteiger partial charge in [0.2, 0.25) is 11.8 Å². The van der Waals surface area contributed by atoms with Crippen LogP contribution in [-0.4, -0.2) is 28.0 Å². The van der Waals surface area contributed by atoms with Gasteiger partial charge in [-0.1, -0.05) is 45.4 Å². The third kappa shape index (κ3) is 5.34. The Morgan fingerprint density at radius 1 is 1.13 bits per heavy atom. The van der Waals surface area contributed by atoms with Gasteiger partial charge in [-0.3, -0.25) is 9.78 Å². The number of pyridine rings is 1. The van der Waals surface area contributed by atoms with E-state index in [0.717, 1.165) is 18.4 Å². The molecule has 0 fully saturated rings. The minimum atomic E-state index is -0.272. The topological polar surface area (TPSA) is 54.8 Å². The number of rotatable bonds is 9. The van der Waals surface area contributed by atoms with Crippen molar-refractivity contribution in [1.29, 1.82) is 0 Å². The summed E-state index contributed by atoms with van der Waals surface area (Å²) >= 11 is 0. The Labute approximate surface area is 138 Å². The van der Waals surface area contributed by atoms with Gasteiger partial charge in [0, 0.05) is 31.3 Å². The van der Waals surface area contributed by atoms with E-state index in [0.29, 0.717) is 5.90 Å². The lowest BCUT2D eigenvalue weighted by atomic mass is 10.1. The summed E-state index contributed by atoms with van der Waals surface area (Å²) in [4.78, 5) is 15.8. The van der Waals surface area contributed by atoms with Crippen LogP contribution >= 0.6 is 0 Å². The highest BCUT2D eigenvalue weighted by molar-refractivity contribution is 5.96. The average Bonchev–Trinajstić information content (AvgIpc) is 2.99. The number of carbonyl (C=O) groups is 1. The normalized spacial score (nSPS) is 17.0. The number of aromatic nitrogens is 1. The number of hydrazone groups is 1. The second kappa shape index (κ2) is 9.28. The highest BCUT2D eigenvalue weighted by atomic mass is 16.5. The van der Waals surface area contributed by atoms with E-state index in [1.165, 1.54) is 50.5 Å². The molecule has 0 bridgehead atoms. The monoisotopic (exact) mass is 317 g/mol. The molecule has 1 aliphatic heterocycles. The largest absolute Gasteiger partial charge is 0.450 e. The summed E-state index contributed by atoms with van der Waals surface area (Å²) < 4.78 is 5.89. The van der Waals surface area contributed by atoms with Crippen molar-refractivity contribution in [2.24, 2.45) is 5.10 Å². The number of nitrogens with zero attached hydrogens (tertiary/aromatic N) is 3. The lowest BCUT2D eigenvalue weighted by Crippen LogP contribution is -2.32.